The number of pyridine rings is 1. The van der Waals surface area contributed by atoms with Crippen LogP contribution in [0.4, 0.5) is 0 Å². The van der Waals surface area contributed by atoms with Crippen LogP contribution in [0.1, 0.15) is 34.6 Å². The number of hydrazine groups is 1. The number of fused-ring (bicyclic) bond motifs is 1. The molecule has 90 valence electrons. The number of nitrogens with zero attached hydrogens (tertiary/aromatic N) is 2. The summed E-state index contributed by atoms with van der Waals surface area (Å²) in [5.41, 5.74) is 5.00. The number of carbonyl (C=O) groups is 1. The van der Waals surface area contributed by atoms with Crippen molar-refractivity contribution >= 4 is 5.78 Å². The van der Waals surface area contributed by atoms with Gasteiger partial charge in [-0.15, -0.1) is 0 Å². The van der Waals surface area contributed by atoms with Gasteiger partial charge < -0.3 is 4.84 Å². The predicted molar refractivity (Wildman–Crippen MR) is 63.6 cm³/mol. The summed E-state index contributed by atoms with van der Waals surface area (Å²) in [5.74, 6) is 3.06. The van der Waals surface area contributed by atoms with Crippen LogP contribution >= 0.6 is 0 Å². The molecule has 0 amide bonds. The number of hydrogen-bond donors (Lipinski definition) is 1. The minimum absolute atomic E-state index is 0.178. The van der Waals surface area contributed by atoms with Crippen LogP contribution in [-0.4, -0.2) is 15.9 Å². The van der Waals surface area contributed by atoms with E-state index in [1.807, 2.05) is 6.07 Å². The zero-order chi connectivity index (χ0) is 12.4. The third-order valence-corrected chi connectivity index (χ3v) is 2.80. The van der Waals surface area contributed by atoms with Crippen molar-refractivity contribution in [2.45, 2.75) is 19.3 Å². The molecule has 3 rings (SSSR count). The summed E-state index contributed by atoms with van der Waals surface area (Å²) in [5, 5.41) is 1.28. The molecule has 0 radical (unpaired) electrons. The van der Waals surface area contributed by atoms with Crippen molar-refractivity contribution in [2.75, 3.05) is 0 Å². The van der Waals surface area contributed by atoms with Gasteiger partial charge in [0.1, 0.15) is 12.0 Å². The van der Waals surface area contributed by atoms with Crippen molar-refractivity contribution in [3.8, 4) is 12.0 Å². The van der Waals surface area contributed by atoms with Crippen molar-refractivity contribution in [3.63, 3.8) is 0 Å². The van der Waals surface area contributed by atoms with Crippen LogP contribution in [0.3, 0.4) is 0 Å². The Kier molecular flexibility index (Phi) is 2.61. The molecule has 2 aliphatic rings. The molecule has 1 aliphatic heterocycles. The summed E-state index contributed by atoms with van der Waals surface area (Å²) in [6.45, 7) is 0. The summed E-state index contributed by atoms with van der Waals surface area (Å²) in [7, 11) is 0. The number of aromatic nitrogens is 1. The Hall–Kier alpha value is -2.48. The van der Waals surface area contributed by atoms with Gasteiger partial charge in [-0.05, 0) is 30.9 Å². The number of rotatable bonds is 0. The van der Waals surface area contributed by atoms with E-state index in [1.54, 1.807) is 12.3 Å². The fraction of sp³-hybridized carbons (Fsp3) is 0.231. The molecule has 0 atom stereocenters. The van der Waals surface area contributed by atoms with Crippen molar-refractivity contribution in [3.05, 3.63) is 41.5 Å². The smallest absolute Gasteiger partial charge is 0.164 e. The average Bonchev–Trinajstić information content (AvgIpc) is 2.90. The van der Waals surface area contributed by atoms with Crippen molar-refractivity contribution in [2.24, 2.45) is 0 Å². The van der Waals surface area contributed by atoms with Gasteiger partial charge in [0.05, 0.1) is 17.9 Å². The van der Waals surface area contributed by atoms with Crippen LogP contribution in [0, 0.1) is 12.0 Å². The zero-order valence-corrected chi connectivity index (χ0v) is 9.64. The van der Waals surface area contributed by atoms with Crippen LogP contribution in [0.2, 0.25) is 0 Å². The number of hydrogen-bond acceptors (Lipinski definition) is 5. The first-order valence-electron chi connectivity index (χ1n) is 5.76. The number of ketones is 1. The molecule has 1 aromatic rings. The molecule has 0 aromatic carbocycles. The molecule has 1 aromatic heterocycles. The van der Waals surface area contributed by atoms with E-state index < -0.39 is 0 Å². The Morgan fingerprint density at radius 1 is 1.39 bits per heavy atom. The summed E-state index contributed by atoms with van der Waals surface area (Å²) >= 11 is 0. The lowest BCUT2D eigenvalue weighted by Gasteiger charge is -2.13. The molecule has 5 heteroatoms. The van der Waals surface area contributed by atoms with Gasteiger partial charge in [0.25, 0.3) is 0 Å². The first-order valence-corrected chi connectivity index (χ1v) is 5.76. The topological polar surface area (TPSA) is 54.5 Å². The number of nitrogens with one attached hydrogen (secondary N) is 1. The van der Waals surface area contributed by atoms with Gasteiger partial charge in [0.2, 0.25) is 0 Å². The summed E-state index contributed by atoms with van der Waals surface area (Å²) in [6.07, 6.45) is 5.46. The van der Waals surface area contributed by atoms with Gasteiger partial charge in [0.15, 0.2) is 5.78 Å². The molecule has 0 unspecified atom stereocenters. The van der Waals surface area contributed by atoms with Gasteiger partial charge in [-0.25, -0.2) is 4.98 Å². The molecule has 2 heterocycles. The summed E-state index contributed by atoms with van der Waals surface area (Å²) in [6, 6.07) is 6.33. The molecule has 0 spiro atoms. The average molecular weight is 241 g/mol. The van der Waals surface area contributed by atoms with Gasteiger partial charge >= 0.3 is 0 Å². The molecular weight excluding hydrogens is 230 g/mol. The third kappa shape index (κ3) is 2.00. The second-order valence-corrected chi connectivity index (χ2v) is 4.04. The second-order valence-electron chi connectivity index (χ2n) is 4.04. The van der Waals surface area contributed by atoms with E-state index in [4.69, 9.17) is 4.84 Å². The van der Waals surface area contributed by atoms with Crippen LogP contribution < -0.4 is 5.43 Å². The van der Waals surface area contributed by atoms with Crippen molar-refractivity contribution < 1.29 is 9.63 Å². The normalized spacial score (nSPS) is 16.4. The maximum Gasteiger partial charge on any atom is 0.164 e. The Morgan fingerprint density at radius 3 is 3.17 bits per heavy atom. The number of hydroxylamine groups is 1. The maximum atomic E-state index is 11.6. The highest BCUT2D eigenvalue weighted by Crippen LogP contribution is 2.19. The van der Waals surface area contributed by atoms with Gasteiger partial charge in [-0.2, -0.15) is 0 Å². The Labute approximate surface area is 104 Å². The van der Waals surface area contributed by atoms with Crippen LogP contribution in [0.25, 0.3) is 0 Å². The molecule has 0 bridgehead atoms. The number of Topliss-reactive ketones (excluding diaryl/α,β-unsaturated/α-hetero) is 1. The van der Waals surface area contributed by atoms with E-state index in [2.05, 4.69) is 22.4 Å². The number of aryl methyl sites for hydroxylation is 1. The fourth-order valence-electron chi connectivity index (χ4n) is 1.95. The monoisotopic (exact) mass is 241 g/mol. The minimum atomic E-state index is 0.178. The Morgan fingerprint density at radius 2 is 2.33 bits per heavy atom. The van der Waals surface area contributed by atoms with E-state index >= 15 is 0 Å². The molecule has 0 saturated carbocycles. The molecule has 5 nitrogen and oxygen atoms in total. The third-order valence-electron chi connectivity index (χ3n) is 2.80. The molecule has 0 fully saturated rings. The van der Waals surface area contributed by atoms with E-state index in [1.165, 1.54) is 11.4 Å². The van der Waals surface area contributed by atoms with Gasteiger partial charge in [0, 0.05) is 12.0 Å². The highest BCUT2D eigenvalue weighted by molar-refractivity contribution is 5.98. The number of carbonyl (C=O) groups excluding carboxylic acids is 1. The first kappa shape index (κ1) is 10.7. The van der Waals surface area contributed by atoms with E-state index in [-0.39, 0.29) is 5.78 Å². The van der Waals surface area contributed by atoms with E-state index in [0.717, 1.165) is 24.1 Å². The molecule has 1 aliphatic carbocycles. The fourth-order valence-corrected chi connectivity index (χ4v) is 1.95. The van der Waals surface area contributed by atoms with Crippen molar-refractivity contribution in [1.29, 1.82) is 0 Å². The first-order chi connectivity index (χ1) is 8.83. The molecular formula is C13H11N3O2. The van der Waals surface area contributed by atoms with Crippen LogP contribution in [0.15, 0.2) is 24.6 Å². The van der Waals surface area contributed by atoms with Crippen LogP contribution in [-0.2, 0) is 11.3 Å². The Bertz CT molecular complexity index is 576. The molecule has 0 saturated heterocycles. The standard InChI is InChI=1S/C13H11N3O2/c17-13-3-1-2-12-11(13)5-4-10(15-12)6-8-16-14-7-9-18-16/h4-5,7,9,14H,1-3H2. The lowest BCUT2D eigenvalue weighted by Crippen LogP contribution is -2.22. The molecule has 1 N–H and O–H groups in total. The lowest BCUT2D eigenvalue weighted by atomic mass is 9.95. The zero-order valence-electron chi connectivity index (χ0n) is 9.64. The van der Waals surface area contributed by atoms with E-state index in [9.17, 15) is 4.79 Å². The predicted octanol–water partition coefficient (Wildman–Crippen LogP) is 1.13. The Balaban J connectivity index is 1.83. The lowest BCUT2D eigenvalue weighted by molar-refractivity contribution is -0.0520. The second kappa shape index (κ2) is 4.41. The van der Waals surface area contributed by atoms with Gasteiger partial charge in [-0.1, -0.05) is 5.17 Å². The van der Waals surface area contributed by atoms with Crippen LogP contribution in [0.5, 0.6) is 0 Å². The van der Waals surface area contributed by atoms with Crippen molar-refractivity contribution in [1.82, 2.24) is 15.6 Å². The highest BCUT2D eigenvalue weighted by atomic mass is 16.7. The minimum Gasteiger partial charge on any atom is -0.358 e. The summed E-state index contributed by atoms with van der Waals surface area (Å²) in [4.78, 5) is 21.0. The van der Waals surface area contributed by atoms with E-state index in [0.29, 0.717) is 12.1 Å². The SMILES string of the molecule is O=C1CCCc2nc(C#CN3NC=CO3)ccc21. The molecule has 18 heavy (non-hydrogen) atoms. The maximum absolute atomic E-state index is 11.6. The highest BCUT2D eigenvalue weighted by Gasteiger charge is 2.17. The summed E-state index contributed by atoms with van der Waals surface area (Å²) < 4.78 is 0. The largest absolute Gasteiger partial charge is 0.358 e. The van der Waals surface area contributed by atoms with Gasteiger partial charge in [-0.3, -0.25) is 10.2 Å². The quantitative estimate of drug-likeness (QED) is 0.690.